The van der Waals surface area contributed by atoms with Crippen LogP contribution in [0, 0.1) is 0 Å². The average Bonchev–Trinajstić information content (AvgIpc) is 2.70. The number of likely N-dealkylation sites (N-methyl/N-ethyl adjacent to an activating group) is 1. The van der Waals surface area contributed by atoms with Crippen LogP contribution in [0.3, 0.4) is 0 Å². The largest absolute Gasteiger partial charge is 0.377 e. The Kier molecular flexibility index (Phi) is 3.75. The van der Waals surface area contributed by atoms with Gasteiger partial charge >= 0.3 is 0 Å². The molecule has 0 saturated heterocycles. The van der Waals surface area contributed by atoms with Crippen LogP contribution in [0.4, 0.5) is 0 Å². The average molecular weight is 227 g/mol. The van der Waals surface area contributed by atoms with Crippen molar-refractivity contribution in [2.75, 3.05) is 14.2 Å². The molecule has 1 aromatic rings. The number of hydrogen-bond donors (Lipinski definition) is 1. The predicted molar refractivity (Wildman–Crippen MR) is 61.2 cm³/mol. The van der Waals surface area contributed by atoms with E-state index in [1.807, 2.05) is 13.1 Å². The van der Waals surface area contributed by atoms with Gasteiger partial charge in [-0.15, -0.1) is 11.3 Å². The molecule has 0 amide bonds. The molecule has 1 heterocycles. The Bertz CT molecular complexity index is 289. The molecule has 1 aliphatic carbocycles. The van der Waals surface area contributed by atoms with Gasteiger partial charge in [0.25, 0.3) is 0 Å². The highest BCUT2D eigenvalue weighted by Crippen LogP contribution is 2.27. The van der Waals surface area contributed by atoms with E-state index < -0.39 is 0 Å². The van der Waals surface area contributed by atoms with E-state index in [1.165, 1.54) is 4.88 Å². The molecule has 3 atom stereocenters. The molecule has 1 aliphatic rings. The number of rotatable bonds is 5. The maximum absolute atomic E-state index is 5.80. The lowest BCUT2D eigenvalue weighted by Crippen LogP contribution is -2.58. The smallest absolute Gasteiger partial charge is 0.0986 e. The van der Waals surface area contributed by atoms with Crippen molar-refractivity contribution in [3.8, 4) is 0 Å². The standard InChI is InChI=1S/C11H17NO2S/c1-12-9-6-10(11(9)13-2)14-7-8-4-3-5-15-8/h3-5,9-12H,6-7H2,1-2H3. The summed E-state index contributed by atoms with van der Waals surface area (Å²) < 4.78 is 11.2. The normalized spacial score (nSPS) is 30.1. The SMILES string of the molecule is CNC1CC(OCc2cccs2)C1OC. The number of nitrogens with one attached hydrogen (secondary N) is 1. The van der Waals surface area contributed by atoms with Crippen LogP contribution in [-0.2, 0) is 16.1 Å². The van der Waals surface area contributed by atoms with Crippen LogP contribution in [0.2, 0.25) is 0 Å². The number of ether oxygens (including phenoxy) is 2. The van der Waals surface area contributed by atoms with Gasteiger partial charge in [-0.25, -0.2) is 0 Å². The van der Waals surface area contributed by atoms with E-state index in [2.05, 4.69) is 16.8 Å². The van der Waals surface area contributed by atoms with Crippen molar-refractivity contribution in [2.24, 2.45) is 0 Å². The van der Waals surface area contributed by atoms with Crippen molar-refractivity contribution in [1.82, 2.24) is 5.32 Å². The molecule has 4 heteroatoms. The van der Waals surface area contributed by atoms with E-state index in [9.17, 15) is 0 Å². The van der Waals surface area contributed by atoms with Gasteiger partial charge in [0.15, 0.2) is 0 Å². The lowest BCUT2D eigenvalue weighted by Gasteiger charge is -2.42. The first-order valence-corrected chi connectivity index (χ1v) is 6.07. The van der Waals surface area contributed by atoms with E-state index in [0.717, 1.165) is 6.42 Å². The second-order valence-corrected chi connectivity index (χ2v) is 4.79. The van der Waals surface area contributed by atoms with E-state index >= 15 is 0 Å². The van der Waals surface area contributed by atoms with Gasteiger partial charge in [0.05, 0.1) is 18.8 Å². The lowest BCUT2D eigenvalue weighted by atomic mass is 9.85. The van der Waals surface area contributed by atoms with E-state index in [1.54, 1.807) is 18.4 Å². The Labute approximate surface area is 94.4 Å². The maximum atomic E-state index is 5.80. The van der Waals surface area contributed by atoms with Gasteiger partial charge in [-0.3, -0.25) is 0 Å². The minimum Gasteiger partial charge on any atom is -0.377 e. The van der Waals surface area contributed by atoms with E-state index in [0.29, 0.717) is 12.6 Å². The van der Waals surface area contributed by atoms with Crippen LogP contribution in [0.15, 0.2) is 17.5 Å². The van der Waals surface area contributed by atoms with Crippen LogP contribution in [0.1, 0.15) is 11.3 Å². The van der Waals surface area contributed by atoms with Gasteiger partial charge in [0.2, 0.25) is 0 Å². The molecule has 1 fully saturated rings. The first-order valence-electron chi connectivity index (χ1n) is 5.19. The molecule has 0 radical (unpaired) electrons. The fourth-order valence-electron chi connectivity index (χ4n) is 1.93. The second kappa shape index (κ2) is 5.07. The van der Waals surface area contributed by atoms with Gasteiger partial charge in [-0.1, -0.05) is 6.07 Å². The molecule has 0 aromatic carbocycles. The van der Waals surface area contributed by atoms with Gasteiger partial charge in [0, 0.05) is 18.0 Å². The minimum absolute atomic E-state index is 0.204. The van der Waals surface area contributed by atoms with Crippen molar-refractivity contribution >= 4 is 11.3 Å². The summed E-state index contributed by atoms with van der Waals surface area (Å²) in [5, 5.41) is 5.30. The number of methoxy groups -OCH3 is 1. The zero-order valence-electron chi connectivity index (χ0n) is 9.10. The molecule has 0 bridgehead atoms. The molecule has 0 aliphatic heterocycles. The van der Waals surface area contributed by atoms with Crippen LogP contribution >= 0.6 is 11.3 Å². The van der Waals surface area contributed by atoms with Crippen LogP contribution in [0.25, 0.3) is 0 Å². The predicted octanol–water partition coefficient (Wildman–Crippen LogP) is 1.64. The summed E-state index contributed by atoms with van der Waals surface area (Å²) in [6.45, 7) is 0.707. The molecular weight excluding hydrogens is 210 g/mol. The van der Waals surface area contributed by atoms with Crippen LogP contribution < -0.4 is 5.32 Å². The van der Waals surface area contributed by atoms with Crippen LogP contribution in [-0.4, -0.2) is 32.4 Å². The third kappa shape index (κ3) is 2.39. The molecule has 0 spiro atoms. The highest BCUT2D eigenvalue weighted by Gasteiger charge is 2.41. The third-order valence-corrected chi connectivity index (χ3v) is 3.76. The van der Waals surface area contributed by atoms with Crippen molar-refractivity contribution in [3.63, 3.8) is 0 Å². The van der Waals surface area contributed by atoms with Gasteiger partial charge in [-0.05, 0) is 24.9 Å². The second-order valence-electron chi connectivity index (χ2n) is 3.76. The van der Waals surface area contributed by atoms with E-state index in [4.69, 9.17) is 9.47 Å². The van der Waals surface area contributed by atoms with Crippen molar-refractivity contribution in [3.05, 3.63) is 22.4 Å². The minimum atomic E-state index is 0.204. The molecular formula is C11H17NO2S. The van der Waals surface area contributed by atoms with Crippen molar-refractivity contribution in [2.45, 2.75) is 31.3 Å². The molecule has 84 valence electrons. The Morgan fingerprint density at radius 2 is 2.47 bits per heavy atom. The summed E-state index contributed by atoms with van der Waals surface area (Å²) in [7, 11) is 3.71. The molecule has 1 aromatic heterocycles. The molecule has 1 N–H and O–H groups in total. The third-order valence-electron chi connectivity index (χ3n) is 2.91. The number of hydrogen-bond acceptors (Lipinski definition) is 4. The molecule has 2 rings (SSSR count). The fourth-order valence-corrected chi connectivity index (χ4v) is 2.55. The lowest BCUT2D eigenvalue weighted by molar-refractivity contribution is -0.137. The first-order chi connectivity index (χ1) is 7.35. The fraction of sp³-hybridized carbons (Fsp3) is 0.636. The number of thiophene rings is 1. The first kappa shape index (κ1) is 11.1. The van der Waals surface area contributed by atoms with Crippen LogP contribution in [0.5, 0.6) is 0 Å². The summed E-state index contributed by atoms with van der Waals surface area (Å²) in [5.41, 5.74) is 0. The van der Waals surface area contributed by atoms with Gasteiger partial charge < -0.3 is 14.8 Å². The zero-order chi connectivity index (χ0) is 10.7. The quantitative estimate of drug-likeness (QED) is 0.829. The summed E-state index contributed by atoms with van der Waals surface area (Å²) in [6.07, 6.45) is 1.49. The Morgan fingerprint density at radius 1 is 1.60 bits per heavy atom. The summed E-state index contributed by atoms with van der Waals surface area (Å²) >= 11 is 1.73. The van der Waals surface area contributed by atoms with Crippen molar-refractivity contribution < 1.29 is 9.47 Å². The van der Waals surface area contributed by atoms with E-state index in [-0.39, 0.29) is 12.2 Å². The molecule has 3 nitrogen and oxygen atoms in total. The molecule has 3 unspecified atom stereocenters. The summed E-state index contributed by atoms with van der Waals surface area (Å²) in [6, 6.07) is 4.60. The summed E-state index contributed by atoms with van der Waals surface area (Å²) in [5.74, 6) is 0. The Morgan fingerprint density at radius 3 is 3.07 bits per heavy atom. The molecule has 1 saturated carbocycles. The highest BCUT2D eigenvalue weighted by molar-refractivity contribution is 7.09. The maximum Gasteiger partial charge on any atom is 0.0986 e. The topological polar surface area (TPSA) is 30.5 Å². The zero-order valence-corrected chi connectivity index (χ0v) is 9.92. The Balaban J connectivity index is 1.77. The highest BCUT2D eigenvalue weighted by atomic mass is 32.1. The van der Waals surface area contributed by atoms with Crippen molar-refractivity contribution in [1.29, 1.82) is 0 Å². The monoisotopic (exact) mass is 227 g/mol. The Hall–Kier alpha value is -0.420. The van der Waals surface area contributed by atoms with Gasteiger partial charge in [0.1, 0.15) is 0 Å². The van der Waals surface area contributed by atoms with Gasteiger partial charge in [-0.2, -0.15) is 0 Å². The molecule has 15 heavy (non-hydrogen) atoms. The summed E-state index contributed by atoms with van der Waals surface area (Å²) in [4.78, 5) is 1.28.